The molecule has 0 radical (unpaired) electrons. The molecule has 92 valence electrons. The van der Waals surface area contributed by atoms with E-state index in [1.54, 1.807) is 0 Å². The molecule has 6 heteroatoms. The maximum Gasteiger partial charge on any atom is 0.195 e. The van der Waals surface area contributed by atoms with Gasteiger partial charge in [-0.15, -0.1) is 0 Å². The van der Waals surface area contributed by atoms with E-state index in [1.165, 1.54) is 25.0 Å². The Hall–Kier alpha value is -0.330. The number of nitrogens with zero attached hydrogens (tertiary/aromatic N) is 2. The van der Waals surface area contributed by atoms with Gasteiger partial charge in [-0.3, -0.25) is 5.10 Å². The minimum Gasteiger partial charge on any atom is -0.388 e. The van der Waals surface area contributed by atoms with Crippen LogP contribution in [0.4, 0.5) is 0 Å². The third-order valence-electron chi connectivity index (χ3n) is 2.46. The molecule has 0 spiro atoms. The minimum atomic E-state index is -0.0559. The highest BCUT2D eigenvalue weighted by Gasteiger charge is 2.03. The summed E-state index contributed by atoms with van der Waals surface area (Å²) in [5.74, 6) is 1.88. The van der Waals surface area contributed by atoms with Crippen LogP contribution in [0.1, 0.15) is 31.5 Å². The molecule has 0 aliphatic rings. The summed E-state index contributed by atoms with van der Waals surface area (Å²) in [6, 6.07) is 0. The molecule has 0 atom stereocenters. The summed E-state index contributed by atoms with van der Waals surface area (Å²) in [6.07, 6.45) is 6.98. The summed E-state index contributed by atoms with van der Waals surface area (Å²) in [7, 11) is 0. The van der Waals surface area contributed by atoms with E-state index in [2.05, 4.69) is 16.5 Å². The van der Waals surface area contributed by atoms with Crippen molar-refractivity contribution < 1.29 is 5.11 Å². The van der Waals surface area contributed by atoms with Crippen molar-refractivity contribution in [2.75, 3.05) is 12.0 Å². The van der Waals surface area contributed by atoms with E-state index in [9.17, 15) is 0 Å². The summed E-state index contributed by atoms with van der Waals surface area (Å²) >= 11 is 6.99. The molecule has 0 fully saturated rings. The second-order valence-electron chi connectivity index (χ2n) is 3.66. The smallest absolute Gasteiger partial charge is 0.195 e. The van der Waals surface area contributed by atoms with Crippen molar-refractivity contribution in [1.82, 2.24) is 14.8 Å². The van der Waals surface area contributed by atoms with Crippen LogP contribution in [0.3, 0.4) is 0 Å². The zero-order valence-electron chi connectivity index (χ0n) is 9.61. The molecule has 16 heavy (non-hydrogen) atoms. The summed E-state index contributed by atoms with van der Waals surface area (Å²) in [4.78, 5) is 0. The van der Waals surface area contributed by atoms with Crippen LogP contribution in [0, 0.1) is 4.77 Å². The van der Waals surface area contributed by atoms with Gasteiger partial charge in [0.05, 0.1) is 0 Å². The highest BCUT2D eigenvalue weighted by Crippen LogP contribution is 2.07. The lowest BCUT2D eigenvalue weighted by Gasteiger charge is -2.04. The predicted octanol–water partition coefficient (Wildman–Crippen LogP) is 2.36. The number of rotatable bonds is 8. The van der Waals surface area contributed by atoms with Gasteiger partial charge in [0.1, 0.15) is 6.61 Å². The fourth-order valence-corrected chi connectivity index (χ4v) is 2.31. The van der Waals surface area contributed by atoms with E-state index in [-0.39, 0.29) is 6.61 Å². The Bertz CT molecular complexity index is 348. The Kier molecular flexibility index (Phi) is 6.75. The lowest BCUT2D eigenvalue weighted by Crippen LogP contribution is -2.04. The summed E-state index contributed by atoms with van der Waals surface area (Å²) in [5.41, 5.74) is 0. The SMILES string of the molecule is CSCCCCCCn1c(CO)n[nH]c1=S. The maximum absolute atomic E-state index is 9.05. The summed E-state index contributed by atoms with van der Waals surface area (Å²) in [6.45, 7) is 0.796. The molecule has 0 amide bonds. The Labute approximate surface area is 105 Å². The monoisotopic (exact) mass is 261 g/mol. The van der Waals surface area contributed by atoms with Crippen molar-refractivity contribution in [3.05, 3.63) is 10.6 Å². The van der Waals surface area contributed by atoms with Gasteiger partial charge in [-0.1, -0.05) is 12.8 Å². The first kappa shape index (κ1) is 13.7. The summed E-state index contributed by atoms with van der Waals surface area (Å²) < 4.78 is 2.48. The molecule has 2 N–H and O–H groups in total. The van der Waals surface area contributed by atoms with E-state index >= 15 is 0 Å². The molecule has 0 aliphatic carbocycles. The van der Waals surface area contributed by atoms with Crippen LogP contribution < -0.4 is 0 Å². The number of hydrogen-bond acceptors (Lipinski definition) is 4. The summed E-state index contributed by atoms with van der Waals surface area (Å²) in [5, 5.41) is 15.7. The molecule has 0 saturated heterocycles. The molecule has 0 saturated carbocycles. The first-order valence-electron chi connectivity index (χ1n) is 5.53. The molecular formula is C10H19N3OS2. The highest BCUT2D eigenvalue weighted by atomic mass is 32.2. The topological polar surface area (TPSA) is 53.8 Å². The molecule has 1 aromatic rings. The molecule has 0 aliphatic heterocycles. The Balaban J connectivity index is 2.26. The first-order valence-corrected chi connectivity index (χ1v) is 7.33. The van der Waals surface area contributed by atoms with Gasteiger partial charge >= 0.3 is 0 Å². The number of aliphatic hydroxyl groups is 1. The largest absolute Gasteiger partial charge is 0.388 e. The van der Waals surface area contributed by atoms with Crippen molar-refractivity contribution in [1.29, 1.82) is 0 Å². The van der Waals surface area contributed by atoms with Gasteiger partial charge in [0.25, 0.3) is 0 Å². The second-order valence-corrected chi connectivity index (χ2v) is 5.03. The number of aromatic amines is 1. The average molecular weight is 261 g/mol. The standard InChI is InChI=1S/C10H19N3OS2/c1-16-7-5-3-2-4-6-13-9(8-14)11-12-10(13)15/h14H,2-8H2,1H3,(H,12,15). The van der Waals surface area contributed by atoms with Crippen LogP contribution in [-0.4, -0.2) is 31.9 Å². The number of thioether (sulfide) groups is 1. The average Bonchev–Trinajstić information content (AvgIpc) is 2.65. The zero-order valence-corrected chi connectivity index (χ0v) is 11.2. The van der Waals surface area contributed by atoms with Crippen LogP contribution in [0.5, 0.6) is 0 Å². The molecule has 0 bridgehead atoms. The van der Waals surface area contributed by atoms with E-state index in [1.807, 2.05) is 16.3 Å². The second kappa shape index (κ2) is 7.86. The van der Waals surface area contributed by atoms with E-state index in [0.717, 1.165) is 13.0 Å². The molecule has 4 nitrogen and oxygen atoms in total. The Morgan fingerprint density at radius 2 is 2.12 bits per heavy atom. The van der Waals surface area contributed by atoms with Gasteiger partial charge in [0, 0.05) is 6.54 Å². The molecule has 1 heterocycles. The van der Waals surface area contributed by atoms with Gasteiger partial charge in [0.15, 0.2) is 10.6 Å². The van der Waals surface area contributed by atoms with Gasteiger partial charge in [-0.2, -0.15) is 16.9 Å². The third-order valence-corrected chi connectivity index (χ3v) is 3.47. The Morgan fingerprint density at radius 3 is 2.81 bits per heavy atom. The lowest BCUT2D eigenvalue weighted by molar-refractivity contribution is 0.264. The Morgan fingerprint density at radius 1 is 1.38 bits per heavy atom. The fourth-order valence-electron chi connectivity index (χ4n) is 1.57. The minimum absolute atomic E-state index is 0.0559. The van der Waals surface area contributed by atoms with Crippen LogP contribution >= 0.6 is 24.0 Å². The molecule has 0 unspecified atom stereocenters. The number of aliphatic hydroxyl groups excluding tert-OH is 1. The van der Waals surface area contributed by atoms with Crippen molar-refractivity contribution in [2.45, 2.75) is 38.8 Å². The van der Waals surface area contributed by atoms with Crippen molar-refractivity contribution in [2.24, 2.45) is 0 Å². The van der Waals surface area contributed by atoms with Crippen LogP contribution in [0.25, 0.3) is 0 Å². The number of hydrogen-bond donors (Lipinski definition) is 2. The number of nitrogens with one attached hydrogen (secondary N) is 1. The van der Waals surface area contributed by atoms with E-state index in [0.29, 0.717) is 10.6 Å². The predicted molar refractivity (Wildman–Crippen MR) is 70.2 cm³/mol. The van der Waals surface area contributed by atoms with E-state index in [4.69, 9.17) is 17.3 Å². The fraction of sp³-hybridized carbons (Fsp3) is 0.800. The van der Waals surface area contributed by atoms with Gasteiger partial charge < -0.3 is 9.67 Å². The van der Waals surface area contributed by atoms with Crippen LogP contribution in [0.15, 0.2) is 0 Å². The number of unbranched alkanes of at least 4 members (excludes halogenated alkanes) is 3. The maximum atomic E-state index is 9.05. The van der Waals surface area contributed by atoms with Crippen LogP contribution in [-0.2, 0) is 13.2 Å². The van der Waals surface area contributed by atoms with Crippen molar-refractivity contribution >= 4 is 24.0 Å². The zero-order chi connectivity index (χ0) is 11.8. The van der Waals surface area contributed by atoms with Gasteiger partial charge in [-0.25, -0.2) is 0 Å². The van der Waals surface area contributed by atoms with Gasteiger partial charge in [-0.05, 0) is 37.1 Å². The lowest BCUT2D eigenvalue weighted by atomic mass is 10.2. The van der Waals surface area contributed by atoms with Crippen molar-refractivity contribution in [3.8, 4) is 0 Å². The highest BCUT2D eigenvalue weighted by molar-refractivity contribution is 7.98. The quantitative estimate of drug-likeness (QED) is 0.557. The van der Waals surface area contributed by atoms with Crippen molar-refractivity contribution in [3.63, 3.8) is 0 Å². The third kappa shape index (κ3) is 4.27. The van der Waals surface area contributed by atoms with Crippen LogP contribution in [0.2, 0.25) is 0 Å². The number of aromatic nitrogens is 3. The van der Waals surface area contributed by atoms with E-state index < -0.39 is 0 Å². The molecule has 1 rings (SSSR count). The molecule has 0 aromatic carbocycles. The molecule has 1 aromatic heterocycles. The normalized spacial score (nSPS) is 10.9. The molecular weight excluding hydrogens is 242 g/mol. The first-order chi connectivity index (χ1) is 7.79. The van der Waals surface area contributed by atoms with Gasteiger partial charge in [0.2, 0.25) is 0 Å². The number of H-pyrrole nitrogens is 1.